The highest BCUT2D eigenvalue weighted by atomic mass is 19.1. The number of anilines is 2. The highest BCUT2D eigenvalue weighted by Crippen LogP contribution is 2.33. The first-order valence-corrected chi connectivity index (χ1v) is 7.45. The van der Waals surface area contributed by atoms with Gasteiger partial charge in [-0.05, 0) is 48.9 Å². The Morgan fingerprint density at radius 2 is 1.88 bits per heavy atom. The van der Waals surface area contributed by atoms with Crippen LogP contribution in [0, 0.1) is 5.82 Å². The van der Waals surface area contributed by atoms with Gasteiger partial charge in [0, 0.05) is 23.4 Å². The summed E-state index contributed by atoms with van der Waals surface area (Å²) in [6, 6.07) is 10.5. The summed E-state index contributed by atoms with van der Waals surface area (Å²) in [5.41, 5.74) is 1.97. The van der Waals surface area contributed by atoms with E-state index in [1.54, 1.807) is 24.3 Å². The molecule has 2 amide bonds. The van der Waals surface area contributed by atoms with Gasteiger partial charge in [0.05, 0.1) is 5.92 Å². The van der Waals surface area contributed by atoms with E-state index in [2.05, 4.69) is 10.6 Å². The number of fused-ring (bicyclic) bond motifs is 1. The number of Topliss-reactive ketones (excluding diaryl/α,β-unsaturated/α-hetero) is 1. The smallest absolute Gasteiger partial charge is 0.232 e. The standard InChI is InChI=1S/C18H15FN2O3/c1-10(22)11-2-5-13(6-3-11)20-18(24)15-9-17(23)21-16-8-12(19)4-7-14(15)16/h2-8,15H,9H2,1H3,(H,20,24)(H,21,23). The molecular weight excluding hydrogens is 311 g/mol. The maximum Gasteiger partial charge on any atom is 0.232 e. The Balaban J connectivity index is 1.82. The third kappa shape index (κ3) is 3.17. The van der Waals surface area contributed by atoms with Crippen LogP contribution in [-0.4, -0.2) is 17.6 Å². The minimum atomic E-state index is -0.693. The van der Waals surface area contributed by atoms with Crippen LogP contribution in [0.15, 0.2) is 42.5 Å². The van der Waals surface area contributed by atoms with Crippen molar-refractivity contribution in [2.75, 3.05) is 10.6 Å². The number of nitrogens with one attached hydrogen (secondary N) is 2. The Morgan fingerprint density at radius 3 is 2.54 bits per heavy atom. The summed E-state index contributed by atoms with van der Waals surface area (Å²) in [6.07, 6.45) is -0.00397. The van der Waals surface area contributed by atoms with Gasteiger partial charge in [-0.1, -0.05) is 6.07 Å². The summed E-state index contributed by atoms with van der Waals surface area (Å²) < 4.78 is 13.3. The second-order valence-corrected chi connectivity index (χ2v) is 5.66. The number of benzene rings is 2. The number of amides is 2. The molecule has 0 saturated carbocycles. The van der Waals surface area contributed by atoms with Crippen LogP contribution in [0.4, 0.5) is 15.8 Å². The van der Waals surface area contributed by atoms with E-state index in [0.29, 0.717) is 22.5 Å². The lowest BCUT2D eigenvalue weighted by Gasteiger charge is -2.24. The van der Waals surface area contributed by atoms with E-state index in [0.717, 1.165) is 0 Å². The zero-order chi connectivity index (χ0) is 17.3. The van der Waals surface area contributed by atoms with E-state index in [9.17, 15) is 18.8 Å². The van der Waals surface area contributed by atoms with Crippen LogP contribution in [0.1, 0.15) is 35.2 Å². The minimum absolute atomic E-state index is 0.00397. The van der Waals surface area contributed by atoms with Gasteiger partial charge in [0.25, 0.3) is 0 Å². The maximum absolute atomic E-state index is 13.3. The molecule has 1 aliphatic heterocycles. The van der Waals surface area contributed by atoms with Gasteiger partial charge in [0.2, 0.25) is 11.8 Å². The summed E-state index contributed by atoms with van der Waals surface area (Å²) in [4.78, 5) is 35.6. The lowest BCUT2D eigenvalue weighted by atomic mass is 9.89. The van der Waals surface area contributed by atoms with Gasteiger partial charge in [-0.3, -0.25) is 14.4 Å². The first-order chi connectivity index (χ1) is 11.4. The molecule has 1 aliphatic rings. The van der Waals surface area contributed by atoms with Gasteiger partial charge in [-0.15, -0.1) is 0 Å². The maximum atomic E-state index is 13.3. The largest absolute Gasteiger partial charge is 0.326 e. The van der Waals surface area contributed by atoms with Gasteiger partial charge in [-0.25, -0.2) is 4.39 Å². The molecule has 0 saturated heterocycles. The predicted molar refractivity (Wildman–Crippen MR) is 87.5 cm³/mol. The molecule has 122 valence electrons. The highest BCUT2D eigenvalue weighted by Gasteiger charge is 2.31. The van der Waals surface area contributed by atoms with Crippen LogP contribution in [0.5, 0.6) is 0 Å². The molecule has 0 radical (unpaired) electrons. The number of rotatable bonds is 3. The van der Waals surface area contributed by atoms with Crippen molar-refractivity contribution in [2.45, 2.75) is 19.3 Å². The van der Waals surface area contributed by atoms with Crippen LogP contribution in [0.2, 0.25) is 0 Å². The second kappa shape index (κ2) is 6.23. The van der Waals surface area contributed by atoms with Gasteiger partial charge < -0.3 is 10.6 Å². The number of carbonyl (C=O) groups excluding carboxylic acids is 3. The van der Waals surface area contributed by atoms with Crippen molar-refractivity contribution in [1.82, 2.24) is 0 Å². The molecule has 2 aromatic rings. The molecule has 0 fully saturated rings. The van der Waals surface area contributed by atoms with Crippen LogP contribution in [-0.2, 0) is 9.59 Å². The quantitative estimate of drug-likeness (QED) is 0.851. The SMILES string of the molecule is CC(=O)c1ccc(NC(=O)C2CC(=O)Nc3cc(F)ccc32)cc1. The monoisotopic (exact) mass is 326 g/mol. The summed E-state index contributed by atoms with van der Waals surface area (Å²) in [5.74, 6) is -1.92. The van der Waals surface area contributed by atoms with Crippen molar-refractivity contribution >= 4 is 29.0 Å². The van der Waals surface area contributed by atoms with Crippen molar-refractivity contribution in [3.63, 3.8) is 0 Å². The molecule has 0 bridgehead atoms. The lowest BCUT2D eigenvalue weighted by Crippen LogP contribution is -2.30. The molecule has 6 heteroatoms. The molecule has 1 atom stereocenters. The van der Waals surface area contributed by atoms with E-state index in [1.165, 1.54) is 25.1 Å². The Bertz CT molecular complexity index is 831. The van der Waals surface area contributed by atoms with Crippen LogP contribution >= 0.6 is 0 Å². The third-order valence-electron chi connectivity index (χ3n) is 3.93. The van der Waals surface area contributed by atoms with Crippen molar-refractivity contribution in [1.29, 1.82) is 0 Å². The Hall–Kier alpha value is -3.02. The molecule has 2 aromatic carbocycles. The summed E-state index contributed by atoms with van der Waals surface area (Å²) in [5, 5.41) is 5.30. The van der Waals surface area contributed by atoms with Crippen molar-refractivity contribution in [3.8, 4) is 0 Å². The number of ketones is 1. The molecule has 1 heterocycles. The van der Waals surface area contributed by atoms with Gasteiger partial charge in [0.15, 0.2) is 5.78 Å². The minimum Gasteiger partial charge on any atom is -0.326 e. The number of hydrogen-bond acceptors (Lipinski definition) is 3. The molecule has 1 unspecified atom stereocenters. The van der Waals surface area contributed by atoms with Crippen molar-refractivity contribution in [3.05, 3.63) is 59.4 Å². The fourth-order valence-electron chi connectivity index (χ4n) is 2.69. The van der Waals surface area contributed by atoms with Gasteiger partial charge in [-0.2, -0.15) is 0 Å². The third-order valence-corrected chi connectivity index (χ3v) is 3.93. The summed E-state index contributed by atoms with van der Waals surface area (Å²) >= 11 is 0. The van der Waals surface area contributed by atoms with Crippen LogP contribution in [0.3, 0.4) is 0 Å². The number of halogens is 1. The first kappa shape index (κ1) is 15.9. The molecular formula is C18H15FN2O3. The second-order valence-electron chi connectivity index (χ2n) is 5.66. The topological polar surface area (TPSA) is 75.3 Å². The fourth-order valence-corrected chi connectivity index (χ4v) is 2.69. The summed E-state index contributed by atoms with van der Waals surface area (Å²) in [7, 11) is 0. The van der Waals surface area contributed by atoms with Crippen LogP contribution in [0.25, 0.3) is 0 Å². The lowest BCUT2D eigenvalue weighted by molar-refractivity contribution is -0.123. The zero-order valence-corrected chi connectivity index (χ0v) is 12.9. The molecule has 3 rings (SSSR count). The number of hydrogen-bond donors (Lipinski definition) is 2. The van der Waals surface area contributed by atoms with Crippen LogP contribution < -0.4 is 10.6 Å². The molecule has 0 aromatic heterocycles. The van der Waals surface area contributed by atoms with Crippen molar-refractivity contribution < 1.29 is 18.8 Å². The number of carbonyl (C=O) groups is 3. The molecule has 0 aliphatic carbocycles. The molecule has 2 N–H and O–H groups in total. The molecule has 24 heavy (non-hydrogen) atoms. The Labute approximate surface area is 137 Å². The fraction of sp³-hybridized carbons (Fsp3) is 0.167. The van der Waals surface area contributed by atoms with E-state index in [-0.39, 0.29) is 24.0 Å². The predicted octanol–water partition coefficient (Wildman–Crippen LogP) is 3.09. The summed E-state index contributed by atoms with van der Waals surface area (Å²) in [6.45, 7) is 1.46. The van der Waals surface area contributed by atoms with Crippen molar-refractivity contribution in [2.24, 2.45) is 0 Å². The van der Waals surface area contributed by atoms with E-state index < -0.39 is 11.7 Å². The zero-order valence-electron chi connectivity index (χ0n) is 12.9. The van der Waals surface area contributed by atoms with E-state index in [4.69, 9.17) is 0 Å². The normalized spacial score (nSPS) is 16.1. The Morgan fingerprint density at radius 1 is 1.17 bits per heavy atom. The highest BCUT2D eigenvalue weighted by molar-refractivity contribution is 6.05. The van der Waals surface area contributed by atoms with E-state index in [1.807, 2.05) is 0 Å². The first-order valence-electron chi connectivity index (χ1n) is 7.45. The van der Waals surface area contributed by atoms with E-state index >= 15 is 0 Å². The molecule has 5 nitrogen and oxygen atoms in total. The Kier molecular flexibility index (Phi) is 4.12. The van der Waals surface area contributed by atoms with Gasteiger partial charge >= 0.3 is 0 Å². The average Bonchev–Trinajstić information content (AvgIpc) is 2.54. The average molecular weight is 326 g/mol. The molecule has 0 spiro atoms. The van der Waals surface area contributed by atoms with Gasteiger partial charge in [0.1, 0.15) is 5.82 Å².